The predicted molar refractivity (Wildman–Crippen MR) is 80.7 cm³/mol. The molecular weight excluding hydrogens is 322 g/mol. The van der Waals surface area contributed by atoms with Crippen molar-refractivity contribution in [3.8, 4) is 0 Å². The summed E-state index contributed by atoms with van der Waals surface area (Å²) >= 11 is 1.10. The maximum Gasteiger partial charge on any atom is 0.265 e. The molecule has 0 bridgehead atoms. The van der Waals surface area contributed by atoms with E-state index in [-0.39, 0.29) is 42.1 Å². The second-order valence-electron chi connectivity index (χ2n) is 5.68. The molecule has 1 aromatic heterocycles. The van der Waals surface area contributed by atoms with E-state index in [0.29, 0.717) is 0 Å². The van der Waals surface area contributed by atoms with Crippen molar-refractivity contribution in [1.82, 2.24) is 9.80 Å². The van der Waals surface area contributed by atoms with Crippen LogP contribution < -0.4 is 5.73 Å². The molecule has 9 heteroatoms. The van der Waals surface area contributed by atoms with Crippen molar-refractivity contribution in [2.24, 2.45) is 0 Å². The number of aliphatic hydroxyl groups excluding tert-OH is 1. The van der Waals surface area contributed by atoms with Crippen LogP contribution in [-0.4, -0.2) is 57.2 Å². The predicted octanol–water partition coefficient (Wildman–Crippen LogP) is -0.174. The van der Waals surface area contributed by atoms with E-state index in [1.165, 1.54) is 12.3 Å². The zero-order chi connectivity index (χ0) is 16.9. The van der Waals surface area contributed by atoms with E-state index >= 15 is 0 Å². The van der Waals surface area contributed by atoms with E-state index in [0.717, 1.165) is 21.1 Å². The highest BCUT2D eigenvalue weighted by Gasteiger charge is 2.55. The first-order valence-electron chi connectivity index (χ1n) is 7.04. The summed E-state index contributed by atoms with van der Waals surface area (Å²) < 4.78 is 0. The number of carbonyl (C=O) groups is 4. The molecule has 1 fully saturated rings. The number of piperidine rings is 1. The minimum atomic E-state index is -1.46. The maximum absolute atomic E-state index is 12.7. The lowest BCUT2D eigenvalue weighted by molar-refractivity contribution is -0.157. The van der Waals surface area contributed by atoms with Crippen molar-refractivity contribution in [3.05, 3.63) is 16.5 Å². The third-order valence-corrected chi connectivity index (χ3v) is 5.13. The highest BCUT2D eigenvalue weighted by atomic mass is 32.1. The number of amides is 4. The van der Waals surface area contributed by atoms with E-state index in [1.54, 1.807) is 0 Å². The van der Waals surface area contributed by atoms with Crippen LogP contribution in [0.3, 0.4) is 0 Å². The average Bonchev–Trinajstić information content (AvgIpc) is 3.00. The fourth-order valence-corrected chi connectivity index (χ4v) is 3.83. The number of β-amino-alcohol motifs (C(OH)–C–C–N with tert-alkyl or cyclic N) is 1. The molecule has 2 aliphatic heterocycles. The average molecular weight is 337 g/mol. The summed E-state index contributed by atoms with van der Waals surface area (Å²) in [6.45, 7) is 0.926. The third kappa shape index (κ3) is 2.00. The Balaban J connectivity index is 2.01. The first-order chi connectivity index (χ1) is 10.8. The number of nitrogens with zero attached hydrogens (tertiary/aromatic N) is 2. The number of nitrogen functional groups attached to an aromatic ring is 1. The van der Waals surface area contributed by atoms with Gasteiger partial charge in [0.2, 0.25) is 5.91 Å². The van der Waals surface area contributed by atoms with Gasteiger partial charge in [0.1, 0.15) is 5.54 Å². The van der Waals surface area contributed by atoms with E-state index in [1.807, 2.05) is 0 Å². The molecule has 3 heterocycles. The number of hydrogen-bond donors (Lipinski definition) is 2. The van der Waals surface area contributed by atoms with Crippen LogP contribution in [0, 0.1) is 0 Å². The van der Waals surface area contributed by atoms with Crippen molar-refractivity contribution >= 4 is 40.0 Å². The fraction of sp³-hybridized carbons (Fsp3) is 0.429. The van der Waals surface area contributed by atoms with Crippen LogP contribution in [0.2, 0.25) is 0 Å². The van der Waals surface area contributed by atoms with Crippen LogP contribution in [0.15, 0.2) is 5.38 Å². The number of thiophene rings is 1. The molecule has 4 amide bonds. The quantitative estimate of drug-likeness (QED) is 0.739. The van der Waals surface area contributed by atoms with Crippen molar-refractivity contribution in [2.75, 3.05) is 18.9 Å². The number of likely N-dealkylation sites (tertiary alicyclic amines) is 1. The molecule has 0 radical (unpaired) electrons. The second-order valence-corrected chi connectivity index (χ2v) is 6.59. The summed E-state index contributed by atoms with van der Waals surface area (Å²) in [5, 5.41) is 10.8. The van der Waals surface area contributed by atoms with Gasteiger partial charge in [-0.2, -0.15) is 0 Å². The van der Waals surface area contributed by atoms with Crippen LogP contribution in [0.5, 0.6) is 0 Å². The van der Waals surface area contributed by atoms with Gasteiger partial charge in [-0.05, 0) is 13.3 Å². The van der Waals surface area contributed by atoms with Crippen LogP contribution in [0.4, 0.5) is 5.00 Å². The first-order valence-corrected chi connectivity index (χ1v) is 7.92. The molecule has 1 aromatic rings. The van der Waals surface area contributed by atoms with Crippen molar-refractivity contribution in [1.29, 1.82) is 0 Å². The highest BCUT2D eigenvalue weighted by molar-refractivity contribution is 7.14. The Labute approximate surface area is 135 Å². The smallest absolute Gasteiger partial charge is 0.265 e. The molecule has 23 heavy (non-hydrogen) atoms. The summed E-state index contributed by atoms with van der Waals surface area (Å²) in [5.74, 6) is -2.27. The Morgan fingerprint density at radius 1 is 1.30 bits per heavy atom. The minimum Gasteiger partial charge on any atom is -0.395 e. The topological polar surface area (TPSA) is 121 Å². The van der Waals surface area contributed by atoms with E-state index in [9.17, 15) is 19.2 Å². The summed E-state index contributed by atoms with van der Waals surface area (Å²) in [7, 11) is 0. The highest BCUT2D eigenvalue weighted by Crippen LogP contribution is 2.40. The molecule has 0 aliphatic carbocycles. The zero-order valence-corrected chi connectivity index (χ0v) is 13.2. The molecule has 3 N–H and O–H groups in total. The normalized spacial score (nSPS) is 24.6. The number of imide groups is 2. The van der Waals surface area contributed by atoms with Crippen molar-refractivity contribution < 1.29 is 24.3 Å². The van der Waals surface area contributed by atoms with Gasteiger partial charge in [-0.1, -0.05) is 0 Å². The Morgan fingerprint density at radius 3 is 2.61 bits per heavy atom. The van der Waals surface area contributed by atoms with Crippen molar-refractivity contribution in [2.45, 2.75) is 25.3 Å². The Morgan fingerprint density at radius 2 is 2.00 bits per heavy atom. The molecule has 8 nitrogen and oxygen atoms in total. The van der Waals surface area contributed by atoms with Crippen LogP contribution in [0.1, 0.15) is 40.5 Å². The van der Waals surface area contributed by atoms with Crippen LogP contribution in [-0.2, 0) is 9.59 Å². The van der Waals surface area contributed by atoms with E-state index in [2.05, 4.69) is 0 Å². The molecule has 1 atom stereocenters. The van der Waals surface area contributed by atoms with Gasteiger partial charge in [-0.25, -0.2) is 0 Å². The van der Waals surface area contributed by atoms with Gasteiger partial charge in [0.25, 0.3) is 17.7 Å². The van der Waals surface area contributed by atoms with Gasteiger partial charge >= 0.3 is 0 Å². The SMILES string of the molecule is C[C@@]1(N2C(=O)c3csc(N)c3C2=O)CCC(=O)N(CCO)C1=O. The number of aliphatic hydroxyl groups is 1. The van der Waals surface area contributed by atoms with Crippen LogP contribution >= 0.6 is 11.3 Å². The molecular formula is C14H15N3O5S. The number of nitrogens with two attached hydrogens (primary N) is 1. The van der Waals surface area contributed by atoms with E-state index < -0.39 is 29.2 Å². The fourth-order valence-electron chi connectivity index (χ4n) is 3.05. The lowest BCUT2D eigenvalue weighted by Gasteiger charge is -2.42. The van der Waals surface area contributed by atoms with Crippen molar-refractivity contribution in [3.63, 3.8) is 0 Å². The molecule has 0 spiro atoms. The Kier molecular flexibility index (Phi) is 3.49. The van der Waals surface area contributed by atoms with Gasteiger partial charge in [-0.3, -0.25) is 29.0 Å². The number of anilines is 1. The molecule has 3 rings (SSSR count). The molecule has 0 aromatic carbocycles. The lowest BCUT2D eigenvalue weighted by atomic mass is 9.87. The molecule has 2 aliphatic rings. The number of carbonyl (C=O) groups excluding carboxylic acids is 4. The third-order valence-electron chi connectivity index (χ3n) is 4.32. The standard InChI is InChI=1S/C14H15N3O5S/c1-14(3-2-8(19)16(4-5-18)13(14)22)17-11(20)7-6-23-10(15)9(7)12(17)21/h6,18H,2-5,15H2,1H3/t14-/m1/s1. The number of fused-ring (bicyclic) bond motifs is 1. The first kappa shape index (κ1) is 15.6. The summed E-state index contributed by atoms with van der Waals surface area (Å²) in [6, 6.07) is 0. The summed E-state index contributed by atoms with van der Waals surface area (Å²) in [6.07, 6.45) is 0.0688. The maximum atomic E-state index is 12.7. The number of rotatable bonds is 3. The van der Waals surface area contributed by atoms with Gasteiger partial charge in [0, 0.05) is 11.8 Å². The van der Waals surface area contributed by atoms with Gasteiger partial charge < -0.3 is 10.8 Å². The largest absolute Gasteiger partial charge is 0.395 e. The van der Waals surface area contributed by atoms with Gasteiger partial charge in [-0.15, -0.1) is 11.3 Å². The summed E-state index contributed by atoms with van der Waals surface area (Å²) in [4.78, 5) is 51.6. The number of hydrogen-bond acceptors (Lipinski definition) is 7. The minimum absolute atomic E-state index is 0.0155. The molecule has 1 saturated heterocycles. The monoisotopic (exact) mass is 337 g/mol. The van der Waals surface area contributed by atoms with Crippen LogP contribution in [0.25, 0.3) is 0 Å². The molecule has 122 valence electrons. The van der Waals surface area contributed by atoms with Gasteiger partial charge in [0.05, 0.1) is 29.3 Å². The Hall–Kier alpha value is -2.26. The van der Waals surface area contributed by atoms with Gasteiger partial charge in [0.15, 0.2) is 0 Å². The zero-order valence-electron chi connectivity index (χ0n) is 12.4. The van der Waals surface area contributed by atoms with E-state index in [4.69, 9.17) is 10.8 Å². The lowest BCUT2D eigenvalue weighted by Crippen LogP contribution is -2.64. The summed E-state index contributed by atoms with van der Waals surface area (Å²) in [5.41, 5.74) is 4.61. The molecule has 0 saturated carbocycles. The molecule has 0 unspecified atom stereocenters. The Bertz CT molecular complexity index is 743. The second kappa shape index (κ2) is 5.14.